The molecule has 4 rings (SSSR count). The quantitative estimate of drug-likeness (QED) is 0.320. The van der Waals surface area contributed by atoms with Crippen LogP contribution in [-0.4, -0.2) is 23.6 Å². The third kappa shape index (κ3) is 7.35. The van der Waals surface area contributed by atoms with Gasteiger partial charge in [0.25, 0.3) is 5.91 Å². The predicted molar refractivity (Wildman–Crippen MR) is 138 cm³/mol. The summed E-state index contributed by atoms with van der Waals surface area (Å²) >= 11 is 17.5. The molecular formula is C24H18Cl3N5O4. The first-order valence-corrected chi connectivity index (χ1v) is 11.4. The van der Waals surface area contributed by atoms with Gasteiger partial charge >= 0.3 is 6.03 Å². The van der Waals surface area contributed by atoms with E-state index in [-0.39, 0.29) is 23.1 Å². The molecule has 0 saturated heterocycles. The topological polar surface area (TPSA) is 143 Å². The minimum atomic E-state index is -0.549. The first kappa shape index (κ1) is 26.8. The van der Waals surface area contributed by atoms with Crippen LogP contribution in [0.3, 0.4) is 0 Å². The van der Waals surface area contributed by atoms with Crippen LogP contribution in [0.5, 0.6) is 0 Å². The van der Waals surface area contributed by atoms with Crippen molar-refractivity contribution in [3.8, 4) is 0 Å². The van der Waals surface area contributed by atoms with E-state index in [1.54, 1.807) is 48.5 Å². The molecule has 0 fully saturated rings. The van der Waals surface area contributed by atoms with E-state index >= 15 is 0 Å². The Bertz CT molecular complexity index is 1510. The zero-order chi connectivity index (χ0) is 26.4. The number of halogens is 3. The predicted octanol–water partition coefficient (Wildman–Crippen LogP) is 4.46. The van der Waals surface area contributed by atoms with Crippen LogP contribution in [0.1, 0.15) is 23.7 Å². The Hall–Kier alpha value is -3.79. The van der Waals surface area contributed by atoms with Gasteiger partial charge in [-0.1, -0.05) is 34.8 Å². The molecule has 0 saturated carbocycles. The zero-order valence-electron chi connectivity index (χ0n) is 18.6. The number of rotatable bonds is 5. The van der Waals surface area contributed by atoms with Crippen molar-refractivity contribution in [2.24, 2.45) is 9.98 Å². The van der Waals surface area contributed by atoms with Crippen LogP contribution >= 0.6 is 34.8 Å². The van der Waals surface area contributed by atoms with Crippen LogP contribution in [-0.2, 0) is 9.59 Å². The Morgan fingerprint density at radius 3 is 2.17 bits per heavy atom. The Balaban J connectivity index is 0.000000202. The molecule has 12 heteroatoms. The minimum absolute atomic E-state index is 0.169. The summed E-state index contributed by atoms with van der Waals surface area (Å²) in [6.45, 7) is 1.34. The van der Waals surface area contributed by atoms with Gasteiger partial charge in [0.15, 0.2) is 0 Å². The van der Waals surface area contributed by atoms with Crippen LogP contribution in [0.2, 0.25) is 15.1 Å². The first-order valence-electron chi connectivity index (χ1n) is 10.2. The molecule has 36 heavy (non-hydrogen) atoms. The fourth-order valence-electron chi connectivity index (χ4n) is 2.94. The van der Waals surface area contributed by atoms with Gasteiger partial charge in [0, 0.05) is 16.4 Å². The second kappa shape index (κ2) is 11.8. The maximum absolute atomic E-state index is 12.0. The number of benzene rings is 3. The average molecular weight is 547 g/mol. The highest BCUT2D eigenvalue weighted by Crippen LogP contribution is 2.25. The van der Waals surface area contributed by atoms with Gasteiger partial charge in [-0.05, 0) is 61.5 Å². The Morgan fingerprint density at radius 1 is 0.833 bits per heavy atom. The molecule has 0 spiro atoms. The first-order chi connectivity index (χ1) is 17.0. The number of carbonyl (C=O) groups is 4. The normalized spacial score (nSPS) is 11.3. The van der Waals surface area contributed by atoms with Crippen molar-refractivity contribution in [2.45, 2.75) is 13.3 Å². The molecular weight excluding hydrogens is 529 g/mol. The lowest BCUT2D eigenvalue weighted by molar-refractivity contribution is -0.124. The number of fused-ring (bicyclic) bond motifs is 1. The van der Waals surface area contributed by atoms with Crippen molar-refractivity contribution in [1.29, 1.82) is 0 Å². The summed E-state index contributed by atoms with van der Waals surface area (Å²) in [5, 5.41) is 7.33. The third-order valence-corrected chi connectivity index (χ3v) is 5.42. The summed E-state index contributed by atoms with van der Waals surface area (Å²) in [5.74, 6) is -0.944. The number of urea groups is 1. The van der Waals surface area contributed by atoms with Crippen molar-refractivity contribution in [3.63, 3.8) is 0 Å². The van der Waals surface area contributed by atoms with E-state index in [2.05, 4.69) is 20.6 Å². The van der Waals surface area contributed by atoms with Gasteiger partial charge < -0.3 is 16.4 Å². The van der Waals surface area contributed by atoms with Gasteiger partial charge in [-0.3, -0.25) is 14.4 Å². The molecule has 0 radical (unpaired) electrons. The van der Waals surface area contributed by atoms with E-state index in [9.17, 15) is 19.2 Å². The Kier molecular flexibility index (Phi) is 8.76. The molecule has 9 nitrogen and oxygen atoms in total. The standard InChI is InChI=1S/C13H9Cl3N2O.C11H9N3O3/c14-7-1-3-9(11(16)5-7)13(19)18-8-2-4-10(15)12(17)6-8;1-6(15)4-10(16)12-7-2-3-8-9(5-7)14-11(17)13-8/h1-6H,17H2,(H,18,19);2-3,5H,4H2,1H3,(H,12,16). The van der Waals surface area contributed by atoms with Crippen LogP contribution in [0.25, 0.3) is 0 Å². The van der Waals surface area contributed by atoms with Crippen molar-refractivity contribution in [2.75, 3.05) is 16.4 Å². The highest BCUT2D eigenvalue weighted by Gasteiger charge is 2.12. The molecule has 3 aromatic rings. The van der Waals surface area contributed by atoms with Crippen molar-refractivity contribution >= 4 is 75.5 Å². The monoisotopic (exact) mass is 545 g/mol. The number of hydrogen-bond acceptors (Lipinski definition) is 5. The second-order valence-electron chi connectivity index (χ2n) is 7.45. The number of amides is 4. The summed E-state index contributed by atoms with van der Waals surface area (Å²) < 4.78 is 0. The summed E-state index contributed by atoms with van der Waals surface area (Å²) in [4.78, 5) is 52.3. The molecule has 0 unspecified atom stereocenters. The van der Waals surface area contributed by atoms with E-state index in [1.807, 2.05) is 0 Å². The van der Waals surface area contributed by atoms with Gasteiger partial charge in [-0.25, -0.2) is 4.79 Å². The highest BCUT2D eigenvalue weighted by atomic mass is 35.5. The maximum atomic E-state index is 12.0. The summed E-state index contributed by atoms with van der Waals surface area (Å²) in [7, 11) is 0. The second-order valence-corrected chi connectivity index (χ2v) is 8.70. The summed E-state index contributed by atoms with van der Waals surface area (Å²) in [6.07, 6.45) is -0.169. The van der Waals surface area contributed by atoms with Crippen molar-refractivity contribution in [1.82, 2.24) is 0 Å². The lowest BCUT2D eigenvalue weighted by Gasteiger charge is -2.08. The number of hydrogen-bond donors (Lipinski definition) is 3. The number of ketones is 1. The van der Waals surface area contributed by atoms with E-state index in [0.29, 0.717) is 43.4 Å². The van der Waals surface area contributed by atoms with Crippen LogP contribution in [0, 0.1) is 0 Å². The van der Waals surface area contributed by atoms with E-state index < -0.39 is 11.9 Å². The fraction of sp³-hybridized carbons (Fsp3) is 0.0833. The minimum Gasteiger partial charge on any atom is -0.397 e. The number of nitrogen functional groups attached to an aromatic ring is 1. The molecule has 1 heterocycles. The molecule has 184 valence electrons. The number of Topliss-reactive ketones (excluding diaryl/α,β-unsaturated/α-hetero) is 1. The highest BCUT2D eigenvalue weighted by molar-refractivity contribution is 6.37. The van der Waals surface area contributed by atoms with Crippen molar-refractivity contribution in [3.05, 3.63) is 85.9 Å². The van der Waals surface area contributed by atoms with E-state index in [0.717, 1.165) is 0 Å². The maximum Gasteiger partial charge on any atom is 0.368 e. The van der Waals surface area contributed by atoms with Crippen LogP contribution < -0.4 is 27.1 Å². The smallest absolute Gasteiger partial charge is 0.368 e. The molecule has 4 amide bonds. The van der Waals surface area contributed by atoms with Gasteiger partial charge in [0.1, 0.15) is 5.78 Å². The number of nitrogens with one attached hydrogen (secondary N) is 2. The fourth-order valence-corrected chi connectivity index (χ4v) is 3.55. The third-order valence-electron chi connectivity index (χ3n) is 4.53. The summed E-state index contributed by atoms with van der Waals surface area (Å²) in [5.41, 5.74) is 7.41. The molecule has 0 aliphatic carbocycles. The Morgan fingerprint density at radius 2 is 1.50 bits per heavy atom. The number of carbonyl (C=O) groups excluding carboxylic acids is 4. The molecule has 1 aliphatic heterocycles. The lowest BCUT2D eigenvalue weighted by Crippen LogP contribution is -2.23. The average Bonchev–Trinajstić information content (AvgIpc) is 3.15. The lowest BCUT2D eigenvalue weighted by atomic mass is 10.2. The summed E-state index contributed by atoms with van der Waals surface area (Å²) in [6, 6.07) is 13.7. The van der Waals surface area contributed by atoms with Crippen LogP contribution in [0.4, 0.5) is 21.9 Å². The zero-order valence-corrected chi connectivity index (χ0v) is 20.9. The molecule has 3 aromatic carbocycles. The molecule has 0 aromatic heterocycles. The number of nitrogens with zero attached hydrogens (tertiary/aromatic N) is 2. The van der Waals surface area contributed by atoms with Gasteiger partial charge in [0.05, 0.1) is 38.4 Å². The van der Waals surface area contributed by atoms with Gasteiger partial charge in [-0.2, -0.15) is 9.98 Å². The van der Waals surface area contributed by atoms with E-state index in [1.165, 1.54) is 13.0 Å². The molecule has 1 aliphatic rings. The number of anilines is 3. The Labute approximate surface area is 220 Å². The van der Waals surface area contributed by atoms with Gasteiger partial charge in [-0.15, -0.1) is 0 Å². The molecule has 0 bridgehead atoms. The van der Waals surface area contributed by atoms with E-state index in [4.69, 9.17) is 40.5 Å². The number of nitrogens with two attached hydrogens (primary N) is 1. The van der Waals surface area contributed by atoms with Crippen LogP contribution in [0.15, 0.2) is 64.6 Å². The largest absolute Gasteiger partial charge is 0.397 e. The molecule has 0 atom stereocenters. The SMILES string of the molecule is CC(=O)CC(=O)Nc1ccc2c(c1)=NC(=O)N=2.Nc1cc(NC(=O)c2ccc(Cl)cc2Cl)ccc1Cl. The van der Waals surface area contributed by atoms with Crippen molar-refractivity contribution < 1.29 is 19.2 Å². The molecule has 4 N–H and O–H groups in total. The van der Waals surface area contributed by atoms with Gasteiger partial charge in [0.2, 0.25) is 5.91 Å².